The van der Waals surface area contributed by atoms with Crippen LogP contribution in [0.25, 0.3) is 0 Å². The maximum absolute atomic E-state index is 16.2. The number of hydrogen-bond acceptors (Lipinski definition) is 15. The largest absolute Gasteiger partial charge is 0.485 e. The Labute approximate surface area is 490 Å². The number of ether oxygens (including phenoxy) is 5. The summed E-state index contributed by atoms with van der Waals surface area (Å²) in [5.41, 5.74) is -3.32. The molecule has 3 aromatic carbocycles. The van der Waals surface area contributed by atoms with Crippen LogP contribution in [0, 0.1) is 44.8 Å². The number of nitrogens with zero attached hydrogens (tertiary/aromatic N) is 6. The molecule has 0 aromatic heterocycles. The molecule has 0 saturated carbocycles. The second-order valence-electron chi connectivity index (χ2n) is 27.9. The van der Waals surface area contributed by atoms with Crippen molar-refractivity contribution in [3.8, 4) is 35.5 Å². The van der Waals surface area contributed by atoms with E-state index in [0.29, 0.717) is 122 Å². The molecule has 3 fully saturated rings. The van der Waals surface area contributed by atoms with Crippen LogP contribution in [0.4, 0.5) is 0 Å². The predicted molar refractivity (Wildman–Crippen MR) is 308 cm³/mol. The SMILES string of the molecule is CC(C)(COP(=O)(OCC(C)(C)CC(C)(C)OC1[C@H](N2CCCC2=O)c2cc(C#N)ccc2OC1(C)C)OC1C(N2CCCC2=O)c2cc(C#N)ccc2OC1(C)C)CC(C)(C)OC1C(N2CCCC2=O)c2cc(C#N)ccc2OC1(C)C. The lowest BCUT2D eigenvalue weighted by molar-refractivity contribution is -0.191. The Bertz CT molecular complexity index is 3050. The van der Waals surface area contributed by atoms with E-state index in [2.05, 4.69) is 18.2 Å². The molecular weight excluding hydrogens is 1080 g/mol. The van der Waals surface area contributed by atoms with Gasteiger partial charge in [0.25, 0.3) is 0 Å². The number of rotatable bonds is 19. The predicted octanol–water partition coefficient (Wildman–Crippen LogP) is 11.9. The average Bonchev–Trinajstić information content (AvgIpc) is 3.80. The van der Waals surface area contributed by atoms with Crippen LogP contribution in [0.2, 0.25) is 0 Å². The van der Waals surface area contributed by atoms with Crippen molar-refractivity contribution >= 4 is 25.5 Å². The molecule has 19 heteroatoms. The molecular formula is C64H83N6O12P. The molecule has 0 spiro atoms. The van der Waals surface area contributed by atoms with Crippen LogP contribution in [-0.2, 0) is 42.0 Å². The Hall–Kier alpha value is -6.03. The number of fused-ring (bicyclic) bond motifs is 3. The Kier molecular flexibility index (Phi) is 16.6. The summed E-state index contributed by atoms with van der Waals surface area (Å²) >= 11 is 0. The molecule has 3 saturated heterocycles. The van der Waals surface area contributed by atoms with Crippen molar-refractivity contribution in [1.82, 2.24) is 14.7 Å². The highest BCUT2D eigenvalue weighted by Crippen LogP contribution is 2.59. The lowest BCUT2D eigenvalue weighted by Crippen LogP contribution is -2.57. The minimum absolute atomic E-state index is 0.00160. The van der Waals surface area contributed by atoms with E-state index < -0.39 is 83.1 Å². The summed E-state index contributed by atoms with van der Waals surface area (Å²) in [5.74, 6) is 1.53. The van der Waals surface area contributed by atoms with Gasteiger partial charge >= 0.3 is 7.82 Å². The number of phosphoric acid groups is 1. The Morgan fingerprint density at radius 1 is 0.518 bits per heavy atom. The quantitative estimate of drug-likeness (QED) is 0.102. The fraction of sp³-hybridized carbons (Fsp3) is 0.625. The molecule has 9 rings (SSSR count). The van der Waals surface area contributed by atoms with Gasteiger partial charge in [0, 0.05) is 55.6 Å². The van der Waals surface area contributed by atoms with E-state index in [1.807, 2.05) is 107 Å². The molecule has 6 aliphatic rings. The van der Waals surface area contributed by atoms with E-state index in [9.17, 15) is 30.2 Å². The van der Waals surface area contributed by atoms with Crippen molar-refractivity contribution in [1.29, 1.82) is 15.8 Å². The van der Waals surface area contributed by atoms with E-state index in [4.69, 9.17) is 37.3 Å². The van der Waals surface area contributed by atoms with Crippen molar-refractivity contribution in [2.75, 3.05) is 32.8 Å². The van der Waals surface area contributed by atoms with Gasteiger partial charge in [0.2, 0.25) is 17.7 Å². The fourth-order valence-electron chi connectivity index (χ4n) is 13.9. The van der Waals surface area contributed by atoms with E-state index in [0.717, 1.165) is 0 Å². The molecule has 3 aromatic rings. The first-order valence-electron chi connectivity index (χ1n) is 29.2. The molecule has 18 nitrogen and oxygen atoms in total. The maximum atomic E-state index is 16.2. The van der Waals surface area contributed by atoms with Crippen LogP contribution in [-0.4, -0.2) is 112 Å². The molecule has 7 atom stereocenters. The first kappa shape index (κ1) is 61.5. The standard InChI is InChI=1S/C64H83N6O12P/c1-58(2,36-60(5,6)80-55-52(68-27-15-18-49(68)71)43-30-40(33-65)21-24-46(43)77-62(55,9)10)38-75-83(74,82-57-54(70-29-17-20-51(70)73)45-32-42(35-67)23-26-48(45)79-64(57,13)14)76-39-59(3,4)37-61(7,8)81-56-53(69-28-16-19-50(69)72)44-31-41(34-66)22-25-47(44)78-63(56,11)12/h21-26,30-32,52-57H,15-20,27-29,36-39H2,1-14H3/t52-,53?,54?,55?,56?,57?,83?/m1/s1. The minimum atomic E-state index is -4.73. The molecule has 6 unspecified atom stereocenters. The summed E-state index contributed by atoms with van der Waals surface area (Å²) in [6.07, 6.45) is 1.31. The Morgan fingerprint density at radius 3 is 1.11 bits per heavy atom. The number of amides is 3. The highest BCUT2D eigenvalue weighted by molar-refractivity contribution is 7.48. The zero-order valence-electron chi connectivity index (χ0n) is 50.9. The smallest absolute Gasteiger partial charge is 0.475 e. The zero-order chi connectivity index (χ0) is 60.5. The lowest BCUT2D eigenvalue weighted by Gasteiger charge is -2.50. The summed E-state index contributed by atoms with van der Waals surface area (Å²) in [7, 11) is -4.73. The molecule has 6 aliphatic heterocycles. The van der Waals surface area contributed by atoms with E-state index >= 15 is 4.57 Å². The number of carbonyl (C=O) groups is 3. The fourth-order valence-corrected chi connectivity index (χ4v) is 15.7. The van der Waals surface area contributed by atoms with E-state index in [-0.39, 0.29) is 30.9 Å². The van der Waals surface area contributed by atoms with E-state index in [1.54, 1.807) is 59.5 Å². The third kappa shape index (κ3) is 13.0. The maximum Gasteiger partial charge on any atom is 0.475 e. The third-order valence-corrected chi connectivity index (χ3v) is 18.3. The van der Waals surface area contributed by atoms with Crippen molar-refractivity contribution < 1.29 is 56.2 Å². The van der Waals surface area contributed by atoms with Gasteiger partial charge in [-0.1, -0.05) is 27.7 Å². The number of likely N-dealkylation sites (tertiary alicyclic amines) is 3. The summed E-state index contributed by atoms with van der Waals surface area (Å²) in [6, 6.07) is 20.4. The second-order valence-corrected chi connectivity index (χ2v) is 29.5. The van der Waals surface area contributed by atoms with Crippen molar-refractivity contribution in [3.05, 3.63) is 88.0 Å². The van der Waals surface area contributed by atoms with Gasteiger partial charge in [0.05, 0.1) is 77.4 Å². The van der Waals surface area contributed by atoms with Crippen molar-refractivity contribution in [2.24, 2.45) is 10.8 Å². The topological polar surface area (TPSA) is 223 Å². The normalized spacial score (nSPS) is 25.4. The zero-order valence-corrected chi connectivity index (χ0v) is 51.8. The molecule has 83 heavy (non-hydrogen) atoms. The summed E-state index contributed by atoms with van der Waals surface area (Å²) < 4.78 is 70.7. The molecule has 446 valence electrons. The molecule has 0 aliphatic carbocycles. The number of hydrogen-bond donors (Lipinski definition) is 0. The third-order valence-electron chi connectivity index (χ3n) is 16.9. The molecule has 0 bridgehead atoms. The van der Waals surface area contributed by atoms with Gasteiger partial charge in [-0.2, -0.15) is 15.8 Å². The van der Waals surface area contributed by atoms with Crippen LogP contribution < -0.4 is 14.2 Å². The second kappa shape index (κ2) is 22.4. The monoisotopic (exact) mass is 1160 g/mol. The van der Waals surface area contributed by atoms with Crippen molar-refractivity contribution in [2.45, 2.75) is 213 Å². The van der Waals surface area contributed by atoms with E-state index in [1.165, 1.54) is 0 Å². The van der Waals surface area contributed by atoms with Crippen LogP contribution in [0.5, 0.6) is 17.2 Å². The van der Waals surface area contributed by atoms with Gasteiger partial charge in [0.1, 0.15) is 52.4 Å². The van der Waals surface area contributed by atoms with Gasteiger partial charge in [-0.05, 0) is 167 Å². The molecule has 6 heterocycles. The van der Waals surface area contributed by atoms with Crippen LogP contribution in [0.15, 0.2) is 54.6 Å². The summed E-state index contributed by atoms with van der Waals surface area (Å²) in [6.45, 7) is 28.3. The number of benzene rings is 3. The first-order valence-corrected chi connectivity index (χ1v) is 30.7. The first-order chi connectivity index (χ1) is 38.7. The van der Waals surface area contributed by atoms with Gasteiger partial charge < -0.3 is 38.4 Å². The highest BCUT2D eigenvalue weighted by atomic mass is 31.2. The van der Waals surface area contributed by atoms with Crippen LogP contribution in [0.3, 0.4) is 0 Å². The average molecular weight is 1160 g/mol. The number of nitriles is 3. The Morgan fingerprint density at radius 2 is 0.819 bits per heavy atom. The Balaban J connectivity index is 1.01. The summed E-state index contributed by atoms with van der Waals surface area (Å²) in [5, 5.41) is 30.0. The van der Waals surface area contributed by atoms with Gasteiger partial charge in [0.15, 0.2) is 0 Å². The highest BCUT2D eigenvalue weighted by Gasteiger charge is 2.56. The van der Waals surface area contributed by atoms with Gasteiger partial charge in [-0.3, -0.25) is 28.0 Å². The number of phosphoric ester groups is 1. The molecule has 3 amide bonds. The van der Waals surface area contributed by atoms with Crippen LogP contribution in [0.1, 0.15) is 200 Å². The summed E-state index contributed by atoms with van der Waals surface area (Å²) in [4.78, 5) is 46.4. The van der Waals surface area contributed by atoms with Gasteiger partial charge in [-0.15, -0.1) is 0 Å². The molecule has 0 N–H and O–H groups in total. The lowest BCUT2D eigenvalue weighted by atomic mass is 9.80. The van der Waals surface area contributed by atoms with Crippen LogP contribution >= 0.6 is 7.82 Å². The molecule has 0 radical (unpaired) electrons. The minimum Gasteiger partial charge on any atom is -0.485 e. The van der Waals surface area contributed by atoms with Gasteiger partial charge in [-0.25, -0.2) is 4.57 Å². The number of carbonyl (C=O) groups excluding carboxylic acids is 3. The van der Waals surface area contributed by atoms with Crippen molar-refractivity contribution in [3.63, 3.8) is 0 Å².